The van der Waals surface area contributed by atoms with Crippen LogP contribution in [0, 0.1) is 0 Å². The van der Waals surface area contributed by atoms with Gasteiger partial charge in [-0.25, -0.2) is 0 Å². The zero-order chi connectivity index (χ0) is 33.6. The second-order valence-corrected chi connectivity index (χ2v) is 14.4. The van der Waals surface area contributed by atoms with Gasteiger partial charge in [-0.2, -0.15) is 0 Å². The van der Waals surface area contributed by atoms with Gasteiger partial charge >= 0.3 is 0 Å². The summed E-state index contributed by atoms with van der Waals surface area (Å²) in [5, 5.41) is 7.54. The maximum Gasteiger partial charge on any atom is 0.143 e. The topological polar surface area (TPSA) is 13.1 Å². The van der Waals surface area contributed by atoms with E-state index in [2.05, 4.69) is 165 Å². The van der Waals surface area contributed by atoms with Gasteiger partial charge in [0.15, 0.2) is 0 Å². The second-order valence-electron chi connectivity index (χ2n) is 14.4. The first kappa shape index (κ1) is 28.6. The van der Waals surface area contributed by atoms with E-state index in [9.17, 15) is 0 Å². The molecule has 51 heavy (non-hydrogen) atoms. The van der Waals surface area contributed by atoms with Crippen LogP contribution in [-0.4, -0.2) is 0 Å². The average molecular weight is 651 g/mol. The summed E-state index contributed by atoms with van der Waals surface area (Å²) in [6, 6.07) is 53.8. The van der Waals surface area contributed by atoms with Crippen molar-refractivity contribution in [2.24, 2.45) is 0 Å². The zero-order valence-corrected chi connectivity index (χ0v) is 28.4. The van der Waals surface area contributed by atoms with Crippen molar-refractivity contribution >= 4 is 49.6 Å². The molecule has 1 unspecified atom stereocenters. The van der Waals surface area contributed by atoms with E-state index >= 15 is 0 Å². The molecule has 0 radical (unpaired) electrons. The minimum absolute atomic E-state index is 0.510. The van der Waals surface area contributed by atoms with E-state index in [-0.39, 0.29) is 0 Å². The summed E-state index contributed by atoms with van der Waals surface area (Å²) in [5.41, 5.74) is 17.5. The number of para-hydroxylation sites is 1. The lowest BCUT2D eigenvalue weighted by Crippen LogP contribution is -2.02. The molecule has 0 amide bonds. The van der Waals surface area contributed by atoms with Crippen molar-refractivity contribution in [2.45, 2.75) is 25.7 Å². The summed E-state index contributed by atoms with van der Waals surface area (Å²) in [6.45, 7) is 2.34. The Bertz CT molecular complexity index is 2880. The maximum atomic E-state index is 6.76. The third-order valence-electron chi connectivity index (χ3n) is 11.5. The van der Waals surface area contributed by atoms with Gasteiger partial charge < -0.3 is 4.42 Å². The number of hydrogen-bond donors (Lipinski definition) is 0. The monoisotopic (exact) mass is 650 g/mol. The molecule has 8 aromatic carbocycles. The zero-order valence-electron chi connectivity index (χ0n) is 28.4. The highest BCUT2D eigenvalue weighted by molar-refractivity contribution is 6.22. The number of allylic oxidation sites excluding steroid dienone is 1. The number of furan rings is 1. The molecule has 1 nitrogen and oxygen atoms in total. The first-order chi connectivity index (χ1) is 25.2. The van der Waals surface area contributed by atoms with Crippen LogP contribution in [0.1, 0.15) is 41.5 Å². The van der Waals surface area contributed by atoms with Gasteiger partial charge in [-0.05, 0) is 120 Å². The van der Waals surface area contributed by atoms with Crippen LogP contribution in [0.15, 0.2) is 156 Å². The van der Waals surface area contributed by atoms with E-state index < -0.39 is 0 Å². The standard InChI is InChI=1S/C50H34O/c1-30-13-10-24-36-34(30)23-12-25-37(36)48-40-20-6-4-18-38(40)47(39-19-5-7-21-41(39)48)33-16-11-15-31(27-33)43-29-44-35-17-3-2-14-32(35)28-45(44)49-42-22-8-9-26-46(42)51-50(43)49/h2-12,14-27,29-30H,13,28H2,1H3. The average Bonchev–Trinajstić information content (AvgIpc) is 3.75. The van der Waals surface area contributed by atoms with Gasteiger partial charge in [-0.1, -0.05) is 146 Å². The van der Waals surface area contributed by atoms with E-state index in [1.54, 1.807) is 0 Å². The quantitative estimate of drug-likeness (QED) is 0.173. The highest BCUT2D eigenvalue weighted by atomic mass is 16.3. The predicted molar refractivity (Wildman–Crippen MR) is 215 cm³/mol. The van der Waals surface area contributed by atoms with Crippen LogP contribution in [0.5, 0.6) is 0 Å². The van der Waals surface area contributed by atoms with Gasteiger partial charge in [0.05, 0.1) is 0 Å². The fraction of sp³-hybridized carbons (Fsp3) is 0.0800. The molecular formula is C50H34O. The van der Waals surface area contributed by atoms with Gasteiger partial charge in [0.1, 0.15) is 11.2 Å². The third-order valence-corrected chi connectivity index (χ3v) is 11.5. The molecule has 1 atom stereocenters. The van der Waals surface area contributed by atoms with Crippen LogP contribution < -0.4 is 0 Å². The Morgan fingerprint density at radius 1 is 0.529 bits per heavy atom. The molecule has 1 heterocycles. The summed E-state index contributed by atoms with van der Waals surface area (Å²) in [5.74, 6) is 0.510. The molecule has 0 saturated carbocycles. The van der Waals surface area contributed by atoms with E-state index in [1.165, 1.54) is 88.0 Å². The summed E-state index contributed by atoms with van der Waals surface area (Å²) in [6.07, 6.45) is 6.70. The van der Waals surface area contributed by atoms with Crippen molar-refractivity contribution < 1.29 is 4.42 Å². The summed E-state index contributed by atoms with van der Waals surface area (Å²) in [4.78, 5) is 0. The molecule has 240 valence electrons. The Balaban J connectivity index is 1.18. The highest BCUT2D eigenvalue weighted by Crippen LogP contribution is 2.50. The van der Waals surface area contributed by atoms with Gasteiger partial charge in [-0.3, -0.25) is 0 Å². The number of hydrogen-bond acceptors (Lipinski definition) is 1. The van der Waals surface area contributed by atoms with Crippen molar-refractivity contribution in [3.05, 3.63) is 174 Å². The third kappa shape index (κ3) is 4.15. The molecule has 0 fully saturated rings. The minimum atomic E-state index is 0.510. The lowest BCUT2D eigenvalue weighted by molar-refractivity contribution is 0.670. The molecule has 0 spiro atoms. The van der Waals surface area contributed by atoms with Crippen molar-refractivity contribution in [3.63, 3.8) is 0 Å². The normalized spacial score (nSPS) is 14.7. The van der Waals surface area contributed by atoms with Crippen LogP contribution in [0.4, 0.5) is 0 Å². The lowest BCUT2D eigenvalue weighted by Gasteiger charge is -2.23. The SMILES string of the molecule is CC1CC=Cc2c(-c3c4ccccc4c(-c4cccc(-c5cc6c(c7c5oc5ccccc57)Cc5ccccc5-6)c4)c4ccccc34)cccc21. The molecule has 0 N–H and O–H groups in total. The first-order valence-corrected chi connectivity index (χ1v) is 18.1. The molecule has 2 aliphatic rings. The Kier molecular flexibility index (Phi) is 6.13. The van der Waals surface area contributed by atoms with Crippen molar-refractivity contribution in [1.82, 2.24) is 0 Å². The second kappa shape index (κ2) is 10.9. The largest absolute Gasteiger partial charge is 0.455 e. The Morgan fingerprint density at radius 2 is 1.18 bits per heavy atom. The van der Waals surface area contributed by atoms with E-state index in [0.717, 1.165) is 35.1 Å². The Morgan fingerprint density at radius 3 is 1.98 bits per heavy atom. The number of benzene rings is 8. The minimum Gasteiger partial charge on any atom is -0.455 e. The van der Waals surface area contributed by atoms with Crippen molar-refractivity contribution in [2.75, 3.05) is 0 Å². The molecule has 1 aromatic heterocycles. The van der Waals surface area contributed by atoms with Gasteiger partial charge in [0.25, 0.3) is 0 Å². The molecule has 11 rings (SSSR count). The smallest absolute Gasteiger partial charge is 0.143 e. The summed E-state index contributed by atoms with van der Waals surface area (Å²) >= 11 is 0. The van der Waals surface area contributed by atoms with Crippen LogP contribution in [-0.2, 0) is 6.42 Å². The molecule has 0 saturated heterocycles. The van der Waals surface area contributed by atoms with Gasteiger partial charge in [-0.15, -0.1) is 0 Å². The highest BCUT2D eigenvalue weighted by Gasteiger charge is 2.27. The first-order valence-electron chi connectivity index (χ1n) is 18.1. The Labute approximate surface area is 297 Å². The van der Waals surface area contributed by atoms with Crippen molar-refractivity contribution in [1.29, 1.82) is 0 Å². The molecule has 0 bridgehead atoms. The number of fused-ring (bicyclic) bond motifs is 10. The summed E-state index contributed by atoms with van der Waals surface area (Å²) < 4.78 is 6.76. The molecule has 2 aliphatic carbocycles. The van der Waals surface area contributed by atoms with Crippen LogP contribution >= 0.6 is 0 Å². The molecule has 0 aliphatic heterocycles. The van der Waals surface area contributed by atoms with E-state index in [4.69, 9.17) is 4.42 Å². The Hall–Kier alpha value is -6.18. The van der Waals surface area contributed by atoms with Crippen LogP contribution in [0.25, 0.3) is 94.1 Å². The fourth-order valence-electron chi connectivity index (χ4n) is 9.24. The lowest BCUT2D eigenvalue weighted by atomic mass is 9.80. The van der Waals surface area contributed by atoms with Crippen molar-refractivity contribution in [3.8, 4) is 44.5 Å². The van der Waals surface area contributed by atoms with Crippen LogP contribution in [0.2, 0.25) is 0 Å². The molecule has 9 aromatic rings. The van der Waals surface area contributed by atoms with E-state index in [1.807, 2.05) is 0 Å². The van der Waals surface area contributed by atoms with E-state index in [0.29, 0.717) is 5.92 Å². The van der Waals surface area contributed by atoms with Gasteiger partial charge in [0.2, 0.25) is 0 Å². The molecule has 1 heteroatoms. The maximum absolute atomic E-state index is 6.76. The summed E-state index contributed by atoms with van der Waals surface area (Å²) in [7, 11) is 0. The molecular weight excluding hydrogens is 617 g/mol. The van der Waals surface area contributed by atoms with Crippen LogP contribution in [0.3, 0.4) is 0 Å². The van der Waals surface area contributed by atoms with Gasteiger partial charge in [0, 0.05) is 16.3 Å². The predicted octanol–water partition coefficient (Wildman–Crippen LogP) is 14.0. The fourth-order valence-corrected chi connectivity index (χ4v) is 9.24. The number of rotatable bonds is 3.